The largest absolute Gasteiger partial charge is 0.516 e. The van der Waals surface area contributed by atoms with Crippen LogP contribution in [-0.2, 0) is 14.0 Å². The van der Waals surface area contributed by atoms with Gasteiger partial charge in [-0.25, -0.2) is 4.68 Å². The highest BCUT2D eigenvalue weighted by atomic mass is 16.7. The molecule has 1 aromatic heterocycles. The quantitative estimate of drug-likeness (QED) is 0.779. The molecule has 0 aromatic carbocycles. The van der Waals surface area contributed by atoms with E-state index in [-0.39, 0.29) is 17.4 Å². The molecule has 1 fully saturated rings. The summed E-state index contributed by atoms with van der Waals surface area (Å²) in [6, 6.07) is 1.91. The van der Waals surface area contributed by atoms with Gasteiger partial charge in [-0.1, -0.05) is 0 Å². The van der Waals surface area contributed by atoms with Crippen molar-refractivity contribution in [2.75, 3.05) is 6.61 Å². The van der Waals surface area contributed by atoms with Gasteiger partial charge in [0.1, 0.15) is 6.23 Å². The highest BCUT2D eigenvalue weighted by Crippen LogP contribution is 2.36. The van der Waals surface area contributed by atoms with Gasteiger partial charge in [-0.2, -0.15) is 5.10 Å². The minimum atomic E-state index is -0.417. The van der Waals surface area contributed by atoms with Crippen LogP contribution in [0.2, 0.25) is 0 Å². The Bertz CT molecular complexity index is 429. The molecule has 0 radical (unpaired) electrons. The van der Waals surface area contributed by atoms with E-state index >= 15 is 0 Å². The van der Waals surface area contributed by atoms with E-state index in [1.807, 2.05) is 53.8 Å². The summed E-state index contributed by atoms with van der Waals surface area (Å²) in [4.78, 5) is 0. The standard InChI is InChI=1S/C13H23BN2O3/c1-7-17-10(2)16-9-8-11(15-16)14-18-12(3,4)13(5,6)19-14/h8-10H,7H2,1-6H3. The van der Waals surface area contributed by atoms with E-state index < -0.39 is 7.12 Å². The zero-order chi connectivity index (χ0) is 14.3. The molecular formula is C13H23BN2O3. The Kier molecular flexibility index (Phi) is 3.77. The molecule has 0 N–H and O–H groups in total. The predicted molar refractivity (Wildman–Crippen MR) is 74.3 cm³/mol. The fourth-order valence-corrected chi connectivity index (χ4v) is 1.96. The number of ether oxygens (including phenoxy) is 1. The lowest BCUT2D eigenvalue weighted by atomic mass is 9.85. The summed E-state index contributed by atoms with van der Waals surface area (Å²) in [5.74, 6) is 0. The summed E-state index contributed by atoms with van der Waals surface area (Å²) in [6.45, 7) is 12.7. The molecule has 1 unspecified atom stereocenters. The zero-order valence-corrected chi connectivity index (χ0v) is 12.6. The van der Waals surface area contributed by atoms with Crippen molar-refractivity contribution in [2.45, 2.75) is 59.0 Å². The summed E-state index contributed by atoms with van der Waals surface area (Å²) in [6.07, 6.45) is 1.81. The second kappa shape index (κ2) is 4.92. The third kappa shape index (κ3) is 2.71. The van der Waals surface area contributed by atoms with Crippen molar-refractivity contribution < 1.29 is 14.0 Å². The van der Waals surface area contributed by atoms with Crippen LogP contribution in [0.4, 0.5) is 0 Å². The number of hydrogen-bond donors (Lipinski definition) is 0. The molecule has 6 heteroatoms. The van der Waals surface area contributed by atoms with Crippen LogP contribution in [0.1, 0.15) is 47.8 Å². The van der Waals surface area contributed by atoms with E-state index in [1.165, 1.54) is 0 Å². The van der Waals surface area contributed by atoms with Crippen LogP contribution in [0.15, 0.2) is 12.3 Å². The average molecular weight is 266 g/mol. The third-order valence-electron chi connectivity index (χ3n) is 3.90. The summed E-state index contributed by atoms with van der Waals surface area (Å²) in [7, 11) is -0.417. The third-order valence-corrected chi connectivity index (χ3v) is 3.90. The molecule has 0 bridgehead atoms. The Balaban J connectivity index is 2.13. The van der Waals surface area contributed by atoms with Gasteiger partial charge in [0.05, 0.1) is 16.8 Å². The van der Waals surface area contributed by atoms with E-state index in [0.29, 0.717) is 6.61 Å². The maximum atomic E-state index is 5.96. The lowest BCUT2D eigenvalue weighted by Gasteiger charge is -2.32. The zero-order valence-electron chi connectivity index (χ0n) is 12.6. The van der Waals surface area contributed by atoms with Crippen molar-refractivity contribution >= 4 is 12.7 Å². The van der Waals surface area contributed by atoms with Crippen LogP contribution in [-0.4, -0.2) is 34.7 Å². The van der Waals surface area contributed by atoms with Crippen LogP contribution in [0.3, 0.4) is 0 Å². The molecule has 2 rings (SSSR count). The normalized spacial score (nSPS) is 22.7. The molecule has 0 aliphatic carbocycles. The summed E-state index contributed by atoms with van der Waals surface area (Å²) >= 11 is 0. The van der Waals surface area contributed by atoms with Crippen LogP contribution in [0.25, 0.3) is 0 Å². The van der Waals surface area contributed by atoms with Crippen molar-refractivity contribution in [3.8, 4) is 0 Å². The second-order valence-corrected chi connectivity index (χ2v) is 5.86. The molecular weight excluding hydrogens is 243 g/mol. The fraction of sp³-hybridized carbons (Fsp3) is 0.769. The second-order valence-electron chi connectivity index (χ2n) is 5.86. The van der Waals surface area contributed by atoms with E-state index in [9.17, 15) is 0 Å². The van der Waals surface area contributed by atoms with E-state index in [4.69, 9.17) is 14.0 Å². The Morgan fingerprint density at radius 3 is 2.42 bits per heavy atom. The molecule has 19 heavy (non-hydrogen) atoms. The van der Waals surface area contributed by atoms with Gasteiger partial charge in [0.15, 0.2) is 0 Å². The molecule has 1 aliphatic heterocycles. The fourth-order valence-electron chi connectivity index (χ4n) is 1.96. The molecule has 0 amide bonds. The molecule has 0 spiro atoms. The van der Waals surface area contributed by atoms with Gasteiger partial charge >= 0.3 is 7.12 Å². The number of aromatic nitrogens is 2. The van der Waals surface area contributed by atoms with Gasteiger partial charge in [0.25, 0.3) is 0 Å². The van der Waals surface area contributed by atoms with Crippen LogP contribution >= 0.6 is 0 Å². The first kappa shape index (κ1) is 14.6. The minimum absolute atomic E-state index is 0.0822. The van der Waals surface area contributed by atoms with E-state index in [2.05, 4.69) is 5.10 Å². The molecule has 0 saturated carbocycles. The van der Waals surface area contributed by atoms with E-state index in [1.54, 1.807) is 4.68 Å². The van der Waals surface area contributed by atoms with E-state index in [0.717, 1.165) is 5.59 Å². The summed E-state index contributed by atoms with van der Waals surface area (Å²) in [5, 5.41) is 4.48. The summed E-state index contributed by atoms with van der Waals surface area (Å²) in [5.41, 5.74) is 0.102. The van der Waals surface area contributed by atoms with Crippen molar-refractivity contribution in [1.82, 2.24) is 9.78 Å². The highest BCUT2D eigenvalue weighted by Gasteiger charge is 2.52. The van der Waals surface area contributed by atoms with Crippen molar-refractivity contribution in [2.24, 2.45) is 0 Å². The first-order valence-electron chi connectivity index (χ1n) is 6.79. The molecule has 1 atom stereocenters. The number of hydrogen-bond acceptors (Lipinski definition) is 4. The lowest BCUT2D eigenvalue weighted by Crippen LogP contribution is -2.41. The van der Waals surface area contributed by atoms with Gasteiger partial charge in [0, 0.05) is 12.8 Å². The SMILES string of the molecule is CCOC(C)n1ccc(B2OC(C)(C)C(C)(C)O2)n1. The lowest BCUT2D eigenvalue weighted by molar-refractivity contribution is 0.00578. The minimum Gasteiger partial charge on any atom is -0.398 e. The Hall–Kier alpha value is -0.845. The maximum Gasteiger partial charge on any atom is 0.516 e. The van der Waals surface area contributed by atoms with Gasteiger partial charge < -0.3 is 14.0 Å². The number of rotatable bonds is 4. The van der Waals surface area contributed by atoms with Gasteiger partial charge in [-0.05, 0) is 47.6 Å². The Labute approximate surface area is 115 Å². The molecule has 1 aliphatic rings. The molecule has 1 saturated heterocycles. The van der Waals surface area contributed by atoms with Crippen LogP contribution in [0.5, 0.6) is 0 Å². The van der Waals surface area contributed by atoms with Crippen molar-refractivity contribution in [3.05, 3.63) is 12.3 Å². The predicted octanol–water partition coefficient (Wildman–Crippen LogP) is 1.74. The first-order chi connectivity index (χ1) is 8.77. The van der Waals surface area contributed by atoms with Gasteiger partial charge in [0.2, 0.25) is 0 Å². The smallest absolute Gasteiger partial charge is 0.398 e. The molecule has 1 aromatic rings. The summed E-state index contributed by atoms with van der Waals surface area (Å²) < 4.78 is 19.2. The molecule has 5 nitrogen and oxygen atoms in total. The molecule has 106 valence electrons. The van der Waals surface area contributed by atoms with Crippen molar-refractivity contribution in [3.63, 3.8) is 0 Å². The monoisotopic (exact) mass is 266 g/mol. The Morgan fingerprint density at radius 1 is 1.32 bits per heavy atom. The van der Waals surface area contributed by atoms with Crippen LogP contribution < -0.4 is 5.59 Å². The Morgan fingerprint density at radius 2 is 1.89 bits per heavy atom. The topological polar surface area (TPSA) is 45.5 Å². The highest BCUT2D eigenvalue weighted by molar-refractivity contribution is 6.61. The molecule has 2 heterocycles. The van der Waals surface area contributed by atoms with Gasteiger partial charge in [-0.3, -0.25) is 0 Å². The first-order valence-corrected chi connectivity index (χ1v) is 6.79. The van der Waals surface area contributed by atoms with Crippen LogP contribution in [0, 0.1) is 0 Å². The average Bonchev–Trinajstić information content (AvgIpc) is 2.83. The van der Waals surface area contributed by atoms with Crippen molar-refractivity contribution in [1.29, 1.82) is 0 Å². The number of nitrogens with zero attached hydrogens (tertiary/aromatic N) is 2. The van der Waals surface area contributed by atoms with Gasteiger partial charge in [-0.15, -0.1) is 0 Å². The maximum absolute atomic E-state index is 5.96.